The number of ether oxygens (including phenoxy) is 1. The molecular formula is C14H20N4O2. The zero-order valence-corrected chi connectivity index (χ0v) is 11.8. The quantitative estimate of drug-likeness (QED) is 0.833. The van der Waals surface area contributed by atoms with Crippen LogP contribution in [0.15, 0.2) is 4.52 Å². The largest absolute Gasteiger partial charge is 0.367 e. The van der Waals surface area contributed by atoms with Crippen molar-refractivity contribution in [2.24, 2.45) is 5.92 Å². The fourth-order valence-corrected chi connectivity index (χ4v) is 2.98. The molecule has 2 saturated heterocycles. The van der Waals surface area contributed by atoms with Gasteiger partial charge in [-0.3, -0.25) is 4.90 Å². The van der Waals surface area contributed by atoms with Crippen LogP contribution in [0.2, 0.25) is 0 Å². The summed E-state index contributed by atoms with van der Waals surface area (Å²) in [5.41, 5.74) is 0. The Labute approximate surface area is 118 Å². The summed E-state index contributed by atoms with van der Waals surface area (Å²) >= 11 is 0. The Morgan fingerprint density at radius 3 is 3.30 bits per heavy atom. The van der Waals surface area contributed by atoms with Crippen LogP contribution in [0.5, 0.6) is 0 Å². The van der Waals surface area contributed by atoms with Crippen molar-refractivity contribution in [3.8, 4) is 6.07 Å². The van der Waals surface area contributed by atoms with Gasteiger partial charge in [-0.05, 0) is 25.3 Å². The van der Waals surface area contributed by atoms with Crippen molar-refractivity contribution in [2.75, 3.05) is 19.7 Å². The minimum absolute atomic E-state index is 0.0758. The van der Waals surface area contributed by atoms with Gasteiger partial charge in [0, 0.05) is 25.4 Å². The van der Waals surface area contributed by atoms with Gasteiger partial charge in [0.1, 0.15) is 6.10 Å². The van der Waals surface area contributed by atoms with Gasteiger partial charge in [0.05, 0.1) is 12.7 Å². The number of hydrogen-bond donors (Lipinski definition) is 0. The maximum Gasteiger partial charge on any atom is 0.227 e. The molecular weight excluding hydrogens is 256 g/mol. The van der Waals surface area contributed by atoms with Crippen molar-refractivity contribution in [3.05, 3.63) is 11.7 Å². The standard InChI is InChI=1S/C14H20N4O2/c1-10(4-5-15)7-13-16-14(17-20-13)12-8-18-6-2-3-11(18)9-19-12/h10-12H,2-4,6-9H2,1H3. The van der Waals surface area contributed by atoms with Crippen molar-refractivity contribution in [1.29, 1.82) is 5.26 Å². The van der Waals surface area contributed by atoms with Gasteiger partial charge in [-0.1, -0.05) is 12.1 Å². The molecule has 0 bridgehead atoms. The molecule has 0 spiro atoms. The van der Waals surface area contributed by atoms with Crippen LogP contribution in [0, 0.1) is 17.2 Å². The summed E-state index contributed by atoms with van der Waals surface area (Å²) in [7, 11) is 0. The molecule has 6 heteroatoms. The molecule has 0 aromatic carbocycles. The summed E-state index contributed by atoms with van der Waals surface area (Å²) in [5.74, 6) is 1.49. The van der Waals surface area contributed by atoms with Crippen LogP contribution >= 0.6 is 0 Å². The SMILES string of the molecule is CC(CC#N)Cc1nc(C2CN3CCCC3CO2)no1. The molecule has 3 heterocycles. The molecule has 2 aliphatic heterocycles. The Bertz CT molecular complexity index is 496. The minimum atomic E-state index is -0.0758. The first-order valence-corrected chi connectivity index (χ1v) is 7.31. The monoisotopic (exact) mass is 276 g/mol. The fraction of sp³-hybridized carbons (Fsp3) is 0.786. The van der Waals surface area contributed by atoms with Gasteiger partial charge in [-0.15, -0.1) is 0 Å². The van der Waals surface area contributed by atoms with E-state index in [9.17, 15) is 0 Å². The van der Waals surface area contributed by atoms with Gasteiger partial charge in [0.25, 0.3) is 0 Å². The molecule has 3 unspecified atom stereocenters. The van der Waals surface area contributed by atoms with Gasteiger partial charge in [-0.2, -0.15) is 10.2 Å². The van der Waals surface area contributed by atoms with Gasteiger partial charge in [0.2, 0.25) is 11.7 Å². The highest BCUT2D eigenvalue weighted by molar-refractivity contribution is 4.97. The summed E-state index contributed by atoms with van der Waals surface area (Å²) < 4.78 is 11.1. The van der Waals surface area contributed by atoms with E-state index < -0.39 is 0 Å². The lowest BCUT2D eigenvalue weighted by molar-refractivity contribution is -0.0548. The van der Waals surface area contributed by atoms with E-state index in [4.69, 9.17) is 14.5 Å². The lowest BCUT2D eigenvalue weighted by Crippen LogP contribution is -2.42. The normalized spacial score (nSPS) is 28.0. The Morgan fingerprint density at radius 2 is 2.45 bits per heavy atom. The van der Waals surface area contributed by atoms with Crippen molar-refractivity contribution in [1.82, 2.24) is 15.0 Å². The van der Waals surface area contributed by atoms with Crippen LogP contribution in [-0.2, 0) is 11.2 Å². The second kappa shape index (κ2) is 5.90. The highest BCUT2D eigenvalue weighted by atomic mass is 16.5. The smallest absolute Gasteiger partial charge is 0.227 e. The molecule has 2 fully saturated rings. The minimum Gasteiger partial charge on any atom is -0.367 e. The molecule has 6 nitrogen and oxygen atoms in total. The molecule has 20 heavy (non-hydrogen) atoms. The Balaban J connectivity index is 1.60. The van der Waals surface area contributed by atoms with E-state index in [0.717, 1.165) is 19.7 Å². The predicted molar refractivity (Wildman–Crippen MR) is 70.7 cm³/mol. The van der Waals surface area contributed by atoms with Crippen molar-refractivity contribution in [2.45, 2.75) is 44.8 Å². The number of morpholine rings is 1. The maximum atomic E-state index is 8.67. The number of aromatic nitrogens is 2. The van der Waals surface area contributed by atoms with E-state index in [-0.39, 0.29) is 12.0 Å². The summed E-state index contributed by atoms with van der Waals surface area (Å²) in [6.07, 6.45) is 3.57. The van der Waals surface area contributed by atoms with Crippen LogP contribution in [-0.4, -0.2) is 40.8 Å². The van der Waals surface area contributed by atoms with E-state index in [0.29, 0.717) is 30.6 Å². The van der Waals surface area contributed by atoms with Gasteiger partial charge in [-0.25, -0.2) is 0 Å². The lowest BCUT2D eigenvalue weighted by Gasteiger charge is -2.33. The molecule has 3 atom stereocenters. The van der Waals surface area contributed by atoms with Gasteiger partial charge >= 0.3 is 0 Å². The lowest BCUT2D eigenvalue weighted by atomic mass is 10.1. The third kappa shape index (κ3) is 2.84. The predicted octanol–water partition coefficient (Wildman–Crippen LogP) is 1.70. The van der Waals surface area contributed by atoms with E-state index in [2.05, 4.69) is 21.1 Å². The number of hydrogen-bond acceptors (Lipinski definition) is 6. The van der Waals surface area contributed by atoms with E-state index in [1.165, 1.54) is 12.8 Å². The Morgan fingerprint density at radius 1 is 1.55 bits per heavy atom. The molecule has 0 radical (unpaired) electrons. The van der Waals surface area contributed by atoms with E-state index in [1.54, 1.807) is 0 Å². The summed E-state index contributed by atoms with van der Waals surface area (Å²) in [5, 5.41) is 12.7. The Hall–Kier alpha value is -1.45. The molecule has 0 amide bonds. The van der Waals surface area contributed by atoms with E-state index in [1.807, 2.05) is 6.92 Å². The zero-order chi connectivity index (χ0) is 13.9. The van der Waals surface area contributed by atoms with Crippen LogP contribution in [0.4, 0.5) is 0 Å². The molecule has 2 aliphatic rings. The van der Waals surface area contributed by atoms with Crippen LogP contribution in [0.25, 0.3) is 0 Å². The second-order valence-corrected chi connectivity index (χ2v) is 5.83. The highest BCUT2D eigenvalue weighted by Gasteiger charge is 2.34. The molecule has 108 valence electrons. The third-order valence-electron chi connectivity index (χ3n) is 4.12. The Kier molecular flexibility index (Phi) is 3.99. The molecule has 3 rings (SSSR count). The third-order valence-corrected chi connectivity index (χ3v) is 4.12. The molecule has 1 aromatic rings. The van der Waals surface area contributed by atoms with Gasteiger partial charge < -0.3 is 9.26 Å². The number of nitriles is 1. The molecule has 0 aliphatic carbocycles. The second-order valence-electron chi connectivity index (χ2n) is 5.83. The van der Waals surface area contributed by atoms with E-state index >= 15 is 0 Å². The summed E-state index contributed by atoms with van der Waals surface area (Å²) in [6.45, 7) is 4.78. The molecule has 0 saturated carbocycles. The average Bonchev–Trinajstić information content (AvgIpc) is 3.06. The number of nitrogens with zero attached hydrogens (tertiary/aromatic N) is 4. The van der Waals surface area contributed by atoms with Crippen molar-refractivity contribution in [3.63, 3.8) is 0 Å². The van der Waals surface area contributed by atoms with Crippen LogP contribution < -0.4 is 0 Å². The van der Waals surface area contributed by atoms with Crippen LogP contribution in [0.3, 0.4) is 0 Å². The summed E-state index contributed by atoms with van der Waals surface area (Å²) in [6, 6.07) is 2.74. The first-order valence-electron chi connectivity index (χ1n) is 7.31. The topological polar surface area (TPSA) is 75.2 Å². The highest BCUT2D eigenvalue weighted by Crippen LogP contribution is 2.28. The number of rotatable bonds is 4. The molecule has 0 N–H and O–H groups in total. The maximum absolute atomic E-state index is 8.67. The first kappa shape index (κ1) is 13.5. The van der Waals surface area contributed by atoms with Crippen molar-refractivity contribution < 1.29 is 9.26 Å². The number of fused-ring (bicyclic) bond motifs is 1. The zero-order valence-electron chi connectivity index (χ0n) is 11.8. The van der Waals surface area contributed by atoms with Crippen LogP contribution in [0.1, 0.15) is 44.0 Å². The van der Waals surface area contributed by atoms with Crippen molar-refractivity contribution >= 4 is 0 Å². The average molecular weight is 276 g/mol. The fourth-order valence-electron chi connectivity index (χ4n) is 2.98. The first-order chi connectivity index (χ1) is 9.76. The molecule has 1 aromatic heterocycles. The van der Waals surface area contributed by atoms with Gasteiger partial charge in [0.15, 0.2) is 0 Å². The summed E-state index contributed by atoms with van der Waals surface area (Å²) in [4.78, 5) is 6.89.